The number of nitrogens with one attached hydrogen (secondary N) is 1. The largest absolute Gasteiger partial charge is 0.461 e. The predicted molar refractivity (Wildman–Crippen MR) is 126 cm³/mol. The highest BCUT2D eigenvalue weighted by Crippen LogP contribution is 2.26. The van der Waals surface area contributed by atoms with Crippen LogP contribution in [0.5, 0.6) is 0 Å². The van der Waals surface area contributed by atoms with Gasteiger partial charge in [-0.15, -0.1) is 10.2 Å². The summed E-state index contributed by atoms with van der Waals surface area (Å²) < 4.78 is 7.54. The van der Waals surface area contributed by atoms with Crippen LogP contribution in [0.4, 0.5) is 0 Å². The van der Waals surface area contributed by atoms with Crippen molar-refractivity contribution < 1.29 is 9.21 Å². The van der Waals surface area contributed by atoms with Gasteiger partial charge in [-0.2, -0.15) is 0 Å². The molecule has 1 N–H and O–H groups in total. The lowest BCUT2D eigenvalue weighted by atomic mass is 9.96. The molecule has 0 radical (unpaired) electrons. The van der Waals surface area contributed by atoms with Gasteiger partial charge in [0.05, 0.1) is 24.6 Å². The fourth-order valence-corrected chi connectivity index (χ4v) is 4.28. The normalized spacial score (nSPS) is 12.1. The minimum absolute atomic E-state index is 0.0358. The SMILES string of the molecule is CC(C)C(NC(=O)CSc1nnc(-c2ccco2)n1Cc1ccccc1)c1ccccc1. The Kier molecular flexibility index (Phi) is 7.07. The molecule has 2 aromatic heterocycles. The van der Waals surface area contributed by atoms with Gasteiger partial charge in [0.25, 0.3) is 0 Å². The van der Waals surface area contributed by atoms with Crippen LogP contribution in [0.2, 0.25) is 0 Å². The molecule has 2 heterocycles. The lowest BCUT2D eigenvalue weighted by Crippen LogP contribution is -2.33. The second kappa shape index (κ2) is 10.3. The van der Waals surface area contributed by atoms with Gasteiger partial charge in [0, 0.05) is 0 Å². The molecule has 1 amide bonds. The number of carbonyl (C=O) groups is 1. The molecule has 6 nitrogen and oxygen atoms in total. The van der Waals surface area contributed by atoms with Crippen molar-refractivity contribution in [1.82, 2.24) is 20.1 Å². The van der Waals surface area contributed by atoms with E-state index >= 15 is 0 Å². The Labute approximate surface area is 192 Å². The zero-order chi connectivity index (χ0) is 22.3. The van der Waals surface area contributed by atoms with Crippen LogP contribution in [0, 0.1) is 5.92 Å². The van der Waals surface area contributed by atoms with Crippen LogP contribution in [0.1, 0.15) is 31.0 Å². The Morgan fingerprint density at radius 3 is 2.38 bits per heavy atom. The van der Waals surface area contributed by atoms with Gasteiger partial charge in [-0.3, -0.25) is 9.36 Å². The Morgan fingerprint density at radius 1 is 1.00 bits per heavy atom. The van der Waals surface area contributed by atoms with Crippen LogP contribution in [0.3, 0.4) is 0 Å². The number of hydrogen-bond donors (Lipinski definition) is 1. The van der Waals surface area contributed by atoms with Gasteiger partial charge in [0.2, 0.25) is 11.7 Å². The van der Waals surface area contributed by atoms with Crippen molar-refractivity contribution in [2.24, 2.45) is 5.92 Å². The lowest BCUT2D eigenvalue weighted by molar-refractivity contribution is -0.119. The number of nitrogens with zero attached hydrogens (tertiary/aromatic N) is 3. The van der Waals surface area contributed by atoms with Crippen LogP contribution in [-0.2, 0) is 11.3 Å². The second-order valence-electron chi connectivity index (χ2n) is 7.84. The van der Waals surface area contributed by atoms with E-state index in [2.05, 4.69) is 41.5 Å². The van der Waals surface area contributed by atoms with Gasteiger partial charge in [-0.1, -0.05) is 86.3 Å². The summed E-state index contributed by atoms with van der Waals surface area (Å²) in [6.07, 6.45) is 1.62. The van der Waals surface area contributed by atoms with E-state index in [1.807, 2.05) is 65.2 Å². The van der Waals surface area contributed by atoms with Gasteiger partial charge in [0.15, 0.2) is 10.9 Å². The quantitative estimate of drug-likeness (QED) is 0.358. The maximum Gasteiger partial charge on any atom is 0.230 e. The van der Waals surface area contributed by atoms with E-state index in [0.717, 1.165) is 11.1 Å². The molecule has 4 rings (SSSR count). The van der Waals surface area contributed by atoms with E-state index in [0.29, 0.717) is 23.3 Å². The number of furan rings is 1. The first-order valence-electron chi connectivity index (χ1n) is 10.6. The highest BCUT2D eigenvalue weighted by atomic mass is 32.2. The van der Waals surface area contributed by atoms with Crippen molar-refractivity contribution >= 4 is 17.7 Å². The first kappa shape index (κ1) is 21.9. The highest BCUT2D eigenvalue weighted by molar-refractivity contribution is 7.99. The molecule has 0 fully saturated rings. The molecule has 0 aliphatic carbocycles. The third kappa shape index (κ3) is 5.29. The number of aromatic nitrogens is 3. The molecular weight excluding hydrogens is 420 g/mol. The molecule has 0 saturated heterocycles. The molecule has 1 atom stereocenters. The summed E-state index contributed by atoms with van der Waals surface area (Å²) in [6, 6.07) is 23.8. The Morgan fingerprint density at radius 2 is 1.72 bits per heavy atom. The summed E-state index contributed by atoms with van der Waals surface area (Å²) in [4.78, 5) is 12.8. The molecule has 0 aliphatic heterocycles. The highest BCUT2D eigenvalue weighted by Gasteiger charge is 2.21. The first-order chi connectivity index (χ1) is 15.6. The van der Waals surface area contributed by atoms with E-state index in [-0.39, 0.29) is 23.6 Å². The van der Waals surface area contributed by atoms with E-state index in [9.17, 15) is 4.79 Å². The summed E-state index contributed by atoms with van der Waals surface area (Å²) in [5.74, 6) is 1.78. The van der Waals surface area contributed by atoms with Crippen LogP contribution in [-0.4, -0.2) is 26.4 Å². The summed E-state index contributed by atoms with van der Waals surface area (Å²) in [5.41, 5.74) is 2.23. The molecule has 1 unspecified atom stereocenters. The Balaban J connectivity index is 1.49. The zero-order valence-corrected chi connectivity index (χ0v) is 19.0. The number of benzene rings is 2. The van der Waals surface area contributed by atoms with Crippen molar-refractivity contribution in [3.05, 3.63) is 90.2 Å². The average molecular weight is 447 g/mol. The average Bonchev–Trinajstić information content (AvgIpc) is 3.47. The van der Waals surface area contributed by atoms with Crippen molar-refractivity contribution in [2.75, 3.05) is 5.75 Å². The molecular formula is C25H26N4O2S. The molecule has 2 aromatic carbocycles. The molecule has 0 spiro atoms. The number of amides is 1. The Hall–Kier alpha value is -3.32. The van der Waals surface area contributed by atoms with Crippen LogP contribution >= 0.6 is 11.8 Å². The second-order valence-corrected chi connectivity index (χ2v) is 8.79. The summed E-state index contributed by atoms with van der Waals surface area (Å²) in [6.45, 7) is 4.81. The van der Waals surface area contributed by atoms with Gasteiger partial charge >= 0.3 is 0 Å². The minimum atomic E-state index is -0.0369. The number of rotatable bonds is 9. The van der Waals surface area contributed by atoms with Crippen molar-refractivity contribution in [3.63, 3.8) is 0 Å². The van der Waals surface area contributed by atoms with Gasteiger partial charge in [-0.05, 0) is 29.2 Å². The molecule has 0 bridgehead atoms. The maximum atomic E-state index is 12.8. The number of carbonyl (C=O) groups excluding carboxylic acids is 1. The third-order valence-corrected chi connectivity index (χ3v) is 6.08. The summed E-state index contributed by atoms with van der Waals surface area (Å²) in [7, 11) is 0. The Bertz CT molecular complexity index is 1130. The third-order valence-electron chi connectivity index (χ3n) is 5.12. The van der Waals surface area contributed by atoms with Crippen molar-refractivity contribution in [3.8, 4) is 11.6 Å². The molecule has 0 saturated carbocycles. The maximum absolute atomic E-state index is 12.8. The number of hydrogen-bond acceptors (Lipinski definition) is 5. The standard InChI is InChI=1S/C25H26N4O2S/c1-18(2)23(20-12-7-4-8-13-20)26-22(30)17-32-25-28-27-24(21-14-9-15-31-21)29(25)16-19-10-5-3-6-11-19/h3-15,18,23H,16-17H2,1-2H3,(H,26,30). The molecule has 0 aliphatic rings. The smallest absolute Gasteiger partial charge is 0.230 e. The van der Waals surface area contributed by atoms with Crippen LogP contribution in [0.25, 0.3) is 11.6 Å². The van der Waals surface area contributed by atoms with Crippen molar-refractivity contribution in [1.29, 1.82) is 0 Å². The van der Waals surface area contributed by atoms with Gasteiger partial charge in [-0.25, -0.2) is 0 Å². The molecule has 7 heteroatoms. The molecule has 164 valence electrons. The van der Waals surface area contributed by atoms with Gasteiger partial charge < -0.3 is 9.73 Å². The summed E-state index contributed by atoms with van der Waals surface area (Å²) >= 11 is 1.38. The van der Waals surface area contributed by atoms with E-state index in [4.69, 9.17) is 4.42 Å². The fourth-order valence-electron chi connectivity index (χ4n) is 3.53. The monoisotopic (exact) mass is 446 g/mol. The summed E-state index contributed by atoms with van der Waals surface area (Å²) in [5, 5.41) is 12.5. The van der Waals surface area contributed by atoms with E-state index < -0.39 is 0 Å². The van der Waals surface area contributed by atoms with E-state index in [1.165, 1.54) is 11.8 Å². The zero-order valence-electron chi connectivity index (χ0n) is 18.1. The van der Waals surface area contributed by atoms with Crippen LogP contribution in [0.15, 0.2) is 88.6 Å². The molecule has 4 aromatic rings. The van der Waals surface area contributed by atoms with Gasteiger partial charge in [0.1, 0.15) is 0 Å². The predicted octanol–water partition coefficient (Wildman–Crippen LogP) is 5.19. The van der Waals surface area contributed by atoms with Crippen molar-refractivity contribution in [2.45, 2.75) is 31.6 Å². The van der Waals surface area contributed by atoms with Crippen LogP contribution < -0.4 is 5.32 Å². The first-order valence-corrected chi connectivity index (χ1v) is 11.6. The topological polar surface area (TPSA) is 73.0 Å². The number of thioether (sulfide) groups is 1. The fraction of sp³-hybridized carbons (Fsp3) is 0.240. The van der Waals surface area contributed by atoms with E-state index in [1.54, 1.807) is 6.26 Å². The molecule has 32 heavy (non-hydrogen) atoms. The lowest BCUT2D eigenvalue weighted by Gasteiger charge is -2.22. The minimum Gasteiger partial charge on any atom is -0.461 e.